The summed E-state index contributed by atoms with van der Waals surface area (Å²) in [6.07, 6.45) is 6.92. The molecule has 0 spiro atoms. The van der Waals surface area contributed by atoms with Crippen LogP contribution in [0, 0.1) is 5.92 Å². The van der Waals surface area contributed by atoms with Crippen molar-refractivity contribution in [2.75, 3.05) is 5.75 Å². The van der Waals surface area contributed by atoms with Crippen molar-refractivity contribution in [3.05, 3.63) is 0 Å². The first-order valence-electron chi connectivity index (χ1n) is 5.55. The van der Waals surface area contributed by atoms with Crippen molar-refractivity contribution in [1.29, 1.82) is 0 Å². The molecule has 1 N–H and O–H groups in total. The molecule has 0 aromatic rings. The van der Waals surface area contributed by atoms with Gasteiger partial charge < -0.3 is 5.11 Å². The van der Waals surface area contributed by atoms with E-state index in [1.54, 1.807) is 0 Å². The summed E-state index contributed by atoms with van der Waals surface area (Å²) in [5.74, 6) is 1.06. The molecule has 1 aliphatic carbocycles. The third-order valence-corrected chi connectivity index (χ3v) is 4.42. The van der Waals surface area contributed by atoms with Gasteiger partial charge in [-0.15, -0.1) is 0 Å². The lowest BCUT2D eigenvalue weighted by Gasteiger charge is -2.27. The fourth-order valence-corrected chi connectivity index (χ4v) is 3.25. The molecule has 1 aliphatic rings. The fourth-order valence-electron chi connectivity index (χ4n) is 2.02. The lowest BCUT2D eigenvalue weighted by atomic mass is 9.87. The lowest BCUT2D eigenvalue weighted by molar-refractivity contribution is -0.136. The van der Waals surface area contributed by atoms with Crippen LogP contribution in [0.15, 0.2) is 0 Å². The largest absolute Gasteiger partial charge is 0.481 e. The molecule has 0 aromatic carbocycles. The van der Waals surface area contributed by atoms with Gasteiger partial charge in [-0.05, 0) is 31.6 Å². The standard InChI is InChI=1S/C11H20O2S/c1-2-9-3-5-10(6-4-9)14-8-7-11(12)13/h9-10H,2-8H2,1H3,(H,12,13). The van der Waals surface area contributed by atoms with Gasteiger partial charge in [0.1, 0.15) is 0 Å². The Morgan fingerprint density at radius 3 is 2.50 bits per heavy atom. The van der Waals surface area contributed by atoms with Gasteiger partial charge in [0.15, 0.2) is 0 Å². The Balaban J connectivity index is 2.07. The van der Waals surface area contributed by atoms with Gasteiger partial charge in [-0.25, -0.2) is 0 Å². The van der Waals surface area contributed by atoms with E-state index >= 15 is 0 Å². The van der Waals surface area contributed by atoms with Crippen LogP contribution < -0.4 is 0 Å². The Labute approximate surface area is 90.5 Å². The van der Waals surface area contributed by atoms with Gasteiger partial charge >= 0.3 is 5.97 Å². The van der Waals surface area contributed by atoms with E-state index in [9.17, 15) is 4.79 Å². The van der Waals surface area contributed by atoms with E-state index in [1.165, 1.54) is 32.1 Å². The normalized spacial score (nSPS) is 27.5. The number of carboxylic acids is 1. The molecule has 2 nitrogen and oxygen atoms in total. The predicted molar refractivity (Wildman–Crippen MR) is 60.7 cm³/mol. The number of carboxylic acid groups (broad SMARTS) is 1. The minimum absolute atomic E-state index is 0.318. The van der Waals surface area contributed by atoms with Crippen molar-refractivity contribution < 1.29 is 9.90 Å². The molecule has 82 valence electrons. The third kappa shape index (κ3) is 4.36. The van der Waals surface area contributed by atoms with Gasteiger partial charge in [0.25, 0.3) is 0 Å². The molecule has 1 fully saturated rings. The van der Waals surface area contributed by atoms with Gasteiger partial charge in [0, 0.05) is 11.0 Å². The van der Waals surface area contributed by atoms with Crippen molar-refractivity contribution >= 4 is 17.7 Å². The fraction of sp³-hybridized carbons (Fsp3) is 0.909. The van der Waals surface area contributed by atoms with Crippen LogP contribution in [0.1, 0.15) is 45.4 Å². The second-order valence-corrected chi connectivity index (χ2v) is 5.47. The van der Waals surface area contributed by atoms with E-state index in [0.29, 0.717) is 6.42 Å². The molecule has 0 unspecified atom stereocenters. The molecular formula is C11H20O2S. The Morgan fingerprint density at radius 2 is 2.00 bits per heavy atom. The first-order chi connectivity index (χ1) is 6.72. The molecule has 0 atom stereocenters. The van der Waals surface area contributed by atoms with Crippen LogP contribution in [0.25, 0.3) is 0 Å². The summed E-state index contributed by atoms with van der Waals surface area (Å²) < 4.78 is 0. The molecule has 0 aliphatic heterocycles. The van der Waals surface area contributed by atoms with Gasteiger partial charge in [-0.1, -0.05) is 13.3 Å². The SMILES string of the molecule is CCC1CCC(SCCC(=O)O)CC1. The number of hydrogen-bond acceptors (Lipinski definition) is 2. The summed E-state index contributed by atoms with van der Waals surface area (Å²) in [5, 5.41) is 9.24. The zero-order valence-electron chi connectivity index (χ0n) is 8.87. The molecule has 14 heavy (non-hydrogen) atoms. The molecule has 1 saturated carbocycles. The molecule has 0 amide bonds. The molecule has 0 radical (unpaired) electrons. The number of hydrogen-bond donors (Lipinski definition) is 1. The molecule has 1 rings (SSSR count). The van der Waals surface area contributed by atoms with E-state index in [1.807, 2.05) is 11.8 Å². The summed E-state index contributed by atoms with van der Waals surface area (Å²) in [4.78, 5) is 10.3. The average molecular weight is 216 g/mol. The monoisotopic (exact) mass is 216 g/mol. The summed E-state index contributed by atoms with van der Waals surface area (Å²) in [7, 11) is 0. The van der Waals surface area contributed by atoms with Crippen LogP contribution >= 0.6 is 11.8 Å². The summed E-state index contributed by atoms with van der Waals surface area (Å²) in [5.41, 5.74) is 0. The Kier molecular flexibility index (Phi) is 5.38. The van der Waals surface area contributed by atoms with E-state index in [4.69, 9.17) is 5.11 Å². The highest BCUT2D eigenvalue weighted by Gasteiger charge is 2.19. The van der Waals surface area contributed by atoms with Crippen molar-refractivity contribution in [3.63, 3.8) is 0 Å². The van der Waals surface area contributed by atoms with Crippen molar-refractivity contribution in [1.82, 2.24) is 0 Å². The van der Waals surface area contributed by atoms with Crippen LogP contribution in [-0.2, 0) is 4.79 Å². The van der Waals surface area contributed by atoms with Gasteiger partial charge in [-0.2, -0.15) is 11.8 Å². The highest BCUT2D eigenvalue weighted by Crippen LogP contribution is 2.33. The number of aliphatic carboxylic acids is 1. The molecular weight excluding hydrogens is 196 g/mol. The Bertz CT molecular complexity index is 174. The lowest BCUT2D eigenvalue weighted by Crippen LogP contribution is -2.16. The first-order valence-corrected chi connectivity index (χ1v) is 6.60. The minimum Gasteiger partial charge on any atom is -0.481 e. The molecule has 0 saturated heterocycles. The van der Waals surface area contributed by atoms with Crippen molar-refractivity contribution in [3.8, 4) is 0 Å². The van der Waals surface area contributed by atoms with Crippen molar-refractivity contribution in [2.45, 2.75) is 50.7 Å². The van der Waals surface area contributed by atoms with Crippen LogP contribution in [0.5, 0.6) is 0 Å². The highest BCUT2D eigenvalue weighted by atomic mass is 32.2. The molecule has 3 heteroatoms. The average Bonchev–Trinajstić information content (AvgIpc) is 2.18. The topological polar surface area (TPSA) is 37.3 Å². The highest BCUT2D eigenvalue weighted by molar-refractivity contribution is 7.99. The van der Waals surface area contributed by atoms with E-state index < -0.39 is 5.97 Å². The molecule has 0 heterocycles. The zero-order valence-corrected chi connectivity index (χ0v) is 9.68. The number of thioether (sulfide) groups is 1. The van der Waals surface area contributed by atoms with Gasteiger partial charge in [0.2, 0.25) is 0 Å². The van der Waals surface area contributed by atoms with E-state index in [2.05, 4.69) is 6.92 Å². The first kappa shape index (κ1) is 11.9. The zero-order chi connectivity index (χ0) is 10.4. The summed E-state index contributed by atoms with van der Waals surface area (Å²) in [6.45, 7) is 2.27. The maximum atomic E-state index is 10.3. The van der Waals surface area contributed by atoms with Crippen LogP contribution in [0.3, 0.4) is 0 Å². The van der Waals surface area contributed by atoms with Gasteiger partial charge in [0.05, 0.1) is 6.42 Å². The predicted octanol–water partition coefficient (Wildman–Crippen LogP) is 3.16. The quantitative estimate of drug-likeness (QED) is 0.767. The maximum absolute atomic E-state index is 10.3. The Hall–Kier alpha value is -0.180. The minimum atomic E-state index is -0.667. The van der Waals surface area contributed by atoms with E-state index in [0.717, 1.165) is 16.9 Å². The van der Waals surface area contributed by atoms with Gasteiger partial charge in [-0.3, -0.25) is 4.79 Å². The molecule has 0 aromatic heterocycles. The molecule has 0 bridgehead atoms. The Morgan fingerprint density at radius 1 is 1.36 bits per heavy atom. The number of rotatable bonds is 5. The van der Waals surface area contributed by atoms with Crippen LogP contribution in [0.4, 0.5) is 0 Å². The number of carbonyl (C=O) groups is 1. The van der Waals surface area contributed by atoms with Crippen LogP contribution in [0.2, 0.25) is 0 Å². The van der Waals surface area contributed by atoms with E-state index in [-0.39, 0.29) is 0 Å². The smallest absolute Gasteiger partial charge is 0.304 e. The van der Waals surface area contributed by atoms with Crippen LogP contribution in [-0.4, -0.2) is 22.1 Å². The second-order valence-electron chi connectivity index (χ2n) is 4.07. The maximum Gasteiger partial charge on any atom is 0.304 e. The third-order valence-electron chi connectivity index (χ3n) is 3.04. The summed E-state index contributed by atoms with van der Waals surface area (Å²) in [6, 6.07) is 0. The second kappa shape index (κ2) is 6.33. The van der Waals surface area contributed by atoms with Crippen molar-refractivity contribution in [2.24, 2.45) is 5.92 Å². The summed E-state index contributed by atoms with van der Waals surface area (Å²) >= 11 is 1.86.